The minimum Gasteiger partial charge on any atom is -0.378 e. The molecule has 0 aliphatic heterocycles. The van der Waals surface area contributed by atoms with Crippen molar-refractivity contribution in [2.24, 2.45) is 0 Å². The summed E-state index contributed by atoms with van der Waals surface area (Å²) in [5.74, 6) is 0. The maximum atomic E-state index is 5.64. The van der Waals surface area contributed by atoms with Gasteiger partial charge in [0.05, 0.1) is 25.9 Å². The first-order valence-corrected chi connectivity index (χ1v) is 8.12. The van der Waals surface area contributed by atoms with Crippen LogP contribution in [0.3, 0.4) is 0 Å². The van der Waals surface area contributed by atoms with Crippen LogP contribution < -0.4 is 11.5 Å². The fraction of sp³-hybridized carbons (Fsp3) is 0.636. The van der Waals surface area contributed by atoms with E-state index in [4.69, 9.17) is 20.9 Å². The maximum Gasteiger partial charge on any atom is 0.203 e. The van der Waals surface area contributed by atoms with Crippen LogP contribution in [-0.4, -0.2) is 46.3 Å². The molecule has 0 aliphatic rings. The van der Waals surface area contributed by atoms with Crippen LogP contribution in [0.5, 0.6) is 0 Å². The van der Waals surface area contributed by atoms with Crippen LogP contribution >= 0.6 is 22.7 Å². The van der Waals surface area contributed by atoms with Crippen LogP contribution in [0.2, 0.25) is 0 Å². The van der Waals surface area contributed by atoms with Gasteiger partial charge in [0.1, 0.15) is 10.0 Å². The van der Waals surface area contributed by atoms with E-state index in [0.29, 0.717) is 42.9 Å². The lowest BCUT2D eigenvalue weighted by Gasteiger charge is -2.12. The Hall–Kier alpha value is -1.36. The van der Waals surface area contributed by atoms with E-state index in [0.717, 1.165) is 10.0 Å². The van der Waals surface area contributed by atoms with E-state index in [1.165, 1.54) is 22.7 Å². The second-order valence-corrected chi connectivity index (χ2v) is 6.51. The van der Waals surface area contributed by atoms with Gasteiger partial charge < -0.3 is 20.9 Å². The molecule has 2 aromatic rings. The smallest absolute Gasteiger partial charge is 0.203 e. The van der Waals surface area contributed by atoms with Gasteiger partial charge >= 0.3 is 0 Å². The first kappa shape index (κ1) is 16.0. The van der Waals surface area contributed by atoms with E-state index in [2.05, 4.69) is 20.4 Å². The third-order valence-corrected chi connectivity index (χ3v) is 4.12. The third kappa shape index (κ3) is 5.87. The Morgan fingerprint density at radius 2 is 1.52 bits per heavy atom. The summed E-state index contributed by atoms with van der Waals surface area (Å²) in [5, 5.41) is 18.1. The van der Waals surface area contributed by atoms with E-state index in [1.807, 2.05) is 6.92 Å². The van der Waals surface area contributed by atoms with Crippen molar-refractivity contribution in [3.05, 3.63) is 10.0 Å². The molecular weight excluding hydrogens is 312 g/mol. The highest BCUT2D eigenvalue weighted by molar-refractivity contribution is 7.15. The van der Waals surface area contributed by atoms with E-state index >= 15 is 0 Å². The van der Waals surface area contributed by atoms with Gasteiger partial charge in [-0.25, -0.2) is 0 Å². The van der Waals surface area contributed by atoms with Crippen molar-refractivity contribution < 1.29 is 9.47 Å². The molecule has 0 amide bonds. The van der Waals surface area contributed by atoms with Crippen LogP contribution in [-0.2, 0) is 22.3 Å². The molecule has 0 aliphatic carbocycles. The molecule has 0 aromatic carbocycles. The van der Waals surface area contributed by atoms with E-state index in [-0.39, 0.29) is 6.10 Å². The summed E-state index contributed by atoms with van der Waals surface area (Å²) in [6, 6.07) is 0. The number of aromatic nitrogens is 4. The van der Waals surface area contributed by atoms with Gasteiger partial charge in [0.2, 0.25) is 10.3 Å². The average molecular weight is 330 g/mol. The predicted molar refractivity (Wildman–Crippen MR) is 82.3 cm³/mol. The molecule has 10 heteroatoms. The topological polar surface area (TPSA) is 122 Å². The molecule has 0 saturated heterocycles. The second kappa shape index (κ2) is 8.17. The maximum absolute atomic E-state index is 5.64. The van der Waals surface area contributed by atoms with E-state index in [1.54, 1.807) is 0 Å². The first-order chi connectivity index (χ1) is 10.1. The van der Waals surface area contributed by atoms with Crippen molar-refractivity contribution >= 4 is 32.9 Å². The molecule has 1 atom stereocenters. The summed E-state index contributed by atoms with van der Waals surface area (Å²) in [6.07, 6.45) is 1.45. The van der Waals surface area contributed by atoms with Crippen molar-refractivity contribution in [3.8, 4) is 0 Å². The number of nitrogens with two attached hydrogens (primary N) is 2. The molecule has 8 nitrogen and oxygen atoms in total. The van der Waals surface area contributed by atoms with Crippen LogP contribution in [0.1, 0.15) is 16.9 Å². The standard InChI is InChI=1S/C11H18N6O2S2/c1-7(19-5-3-9-15-17-11(13)21-9)6-18-4-2-8-14-16-10(12)20-8/h7H,2-6H2,1H3,(H2,12,16)(H2,13,17)/t7-/m0/s1. The number of hydrogen-bond acceptors (Lipinski definition) is 10. The molecule has 0 fully saturated rings. The summed E-state index contributed by atoms with van der Waals surface area (Å²) in [5.41, 5.74) is 11.0. The van der Waals surface area contributed by atoms with Crippen molar-refractivity contribution in [1.82, 2.24) is 20.4 Å². The lowest BCUT2D eigenvalue weighted by Crippen LogP contribution is -2.18. The number of ether oxygens (including phenoxy) is 2. The van der Waals surface area contributed by atoms with Crippen LogP contribution in [0.15, 0.2) is 0 Å². The van der Waals surface area contributed by atoms with Crippen LogP contribution in [0.25, 0.3) is 0 Å². The zero-order valence-electron chi connectivity index (χ0n) is 11.7. The molecule has 0 spiro atoms. The lowest BCUT2D eigenvalue weighted by molar-refractivity contribution is -0.00472. The zero-order valence-corrected chi connectivity index (χ0v) is 13.3. The van der Waals surface area contributed by atoms with Crippen molar-refractivity contribution in [1.29, 1.82) is 0 Å². The molecule has 4 N–H and O–H groups in total. The van der Waals surface area contributed by atoms with Crippen molar-refractivity contribution in [3.63, 3.8) is 0 Å². The third-order valence-electron chi connectivity index (χ3n) is 2.50. The molecule has 0 saturated carbocycles. The van der Waals surface area contributed by atoms with Gasteiger partial charge in [0, 0.05) is 12.8 Å². The fourth-order valence-corrected chi connectivity index (χ4v) is 2.72. The zero-order chi connectivity index (χ0) is 15.1. The van der Waals surface area contributed by atoms with Gasteiger partial charge in [-0.15, -0.1) is 20.4 Å². The summed E-state index contributed by atoms with van der Waals surface area (Å²) >= 11 is 2.77. The van der Waals surface area contributed by atoms with E-state index < -0.39 is 0 Å². The molecule has 21 heavy (non-hydrogen) atoms. The van der Waals surface area contributed by atoms with Crippen molar-refractivity contribution in [2.45, 2.75) is 25.9 Å². The number of anilines is 2. The molecule has 0 bridgehead atoms. The molecule has 0 radical (unpaired) electrons. The minimum absolute atomic E-state index is 0.0229. The highest BCUT2D eigenvalue weighted by atomic mass is 32.1. The quantitative estimate of drug-likeness (QED) is 0.646. The number of rotatable bonds is 9. The SMILES string of the molecule is C[C@@H](COCCc1nnc(N)s1)OCCc1nnc(N)s1. The Balaban J connectivity index is 1.52. The highest BCUT2D eigenvalue weighted by Crippen LogP contribution is 2.12. The Kier molecular flexibility index (Phi) is 6.23. The van der Waals surface area contributed by atoms with Crippen molar-refractivity contribution in [2.75, 3.05) is 31.3 Å². The Bertz CT molecular complexity index is 546. The molecular formula is C11H18N6O2S2. The number of nitrogens with zero attached hydrogens (tertiary/aromatic N) is 4. The Labute approximate surface area is 130 Å². The number of hydrogen-bond donors (Lipinski definition) is 2. The van der Waals surface area contributed by atoms with Gasteiger partial charge in [-0.2, -0.15) is 0 Å². The number of nitrogen functional groups attached to an aromatic ring is 2. The largest absolute Gasteiger partial charge is 0.378 e. The monoisotopic (exact) mass is 330 g/mol. The first-order valence-electron chi connectivity index (χ1n) is 6.48. The van der Waals surface area contributed by atoms with Gasteiger partial charge in [-0.3, -0.25) is 0 Å². The molecule has 2 rings (SSSR count). The van der Waals surface area contributed by atoms with Gasteiger partial charge in [0.25, 0.3) is 0 Å². The van der Waals surface area contributed by atoms with Gasteiger partial charge in [0.15, 0.2) is 0 Å². The summed E-state index contributed by atoms with van der Waals surface area (Å²) in [6.45, 7) is 3.66. The highest BCUT2D eigenvalue weighted by Gasteiger charge is 2.06. The summed E-state index contributed by atoms with van der Waals surface area (Å²) in [4.78, 5) is 0. The molecule has 0 unspecified atom stereocenters. The lowest BCUT2D eigenvalue weighted by atomic mass is 10.4. The molecule has 2 heterocycles. The van der Waals surface area contributed by atoms with Crippen LogP contribution in [0.4, 0.5) is 10.3 Å². The molecule has 116 valence electrons. The second-order valence-electron chi connectivity index (χ2n) is 4.32. The van der Waals surface area contributed by atoms with Gasteiger partial charge in [-0.05, 0) is 6.92 Å². The Morgan fingerprint density at radius 1 is 0.952 bits per heavy atom. The minimum atomic E-state index is 0.0229. The fourth-order valence-electron chi connectivity index (χ4n) is 1.54. The normalized spacial score (nSPS) is 12.6. The van der Waals surface area contributed by atoms with Crippen LogP contribution in [0, 0.1) is 0 Å². The summed E-state index contributed by atoms with van der Waals surface area (Å²) < 4.78 is 11.2. The van der Waals surface area contributed by atoms with Gasteiger partial charge in [-0.1, -0.05) is 22.7 Å². The predicted octanol–water partition coefficient (Wildman–Crippen LogP) is 0.761. The molecule has 2 aromatic heterocycles. The average Bonchev–Trinajstić information content (AvgIpc) is 3.04. The Morgan fingerprint density at radius 3 is 2.05 bits per heavy atom. The summed E-state index contributed by atoms with van der Waals surface area (Å²) in [7, 11) is 0. The van der Waals surface area contributed by atoms with E-state index in [9.17, 15) is 0 Å².